The van der Waals surface area contributed by atoms with E-state index in [1.54, 1.807) is 31.4 Å². The Morgan fingerprint density at radius 3 is 2.69 bits per heavy atom. The molecule has 0 aliphatic rings. The van der Waals surface area contributed by atoms with Crippen LogP contribution in [0.2, 0.25) is 0 Å². The zero-order chi connectivity index (χ0) is 18.6. The molecule has 0 radical (unpaired) electrons. The molecule has 0 saturated heterocycles. The van der Waals surface area contributed by atoms with Crippen LogP contribution in [0.5, 0.6) is 11.5 Å². The van der Waals surface area contributed by atoms with Gasteiger partial charge in [-0.15, -0.1) is 0 Å². The maximum Gasteiger partial charge on any atom is 0.251 e. The quantitative estimate of drug-likeness (QED) is 0.494. The molecule has 0 aromatic heterocycles. The lowest BCUT2D eigenvalue weighted by Gasteiger charge is -2.11. The molecule has 5 heteroatoms. The van der Waals surface area contributed by atoms with E-state index in [0.29, 0.717) is 43.4 Å². The summed E-state index contributed by atoms with van der Waals surface area (Å²) in [6.07, 6.45) is 2.40. The molecule has 1 amide bonds. The molecule has 0 saturated carbocycles. The molecule has 0 unspecified atom stereocenters. The minimum absolute atomic E-state index is 0.151. The maximum atomic E-state index is 12.2. The number of methoxy groups -OCH3 is 1. The van der Waals surface area contributed by atoms with Crippen molar-refractivity contribution in [2.75, 3.05) is 26.9 Å². The highest BCUT2D eigenvalue weighted by Gasteiger charge is 2.10. The number of nitrogens with one attached hydrogen (secondary N) is 1. The van der Waals surface area contributed by atoms with Gasteiger partial charge in [0.25, 0.3) is 5.91 Å². The summed E-state index contributed by atoms with van der Waals surface area (Å²) < 4.78 is 16.4. The van der Waals surface area contributed by atoms with Gasteiger partial charge in [-0.1, -0.05) is 43.0 Å². The van der Waals surface area contributed by atoms with Gasteiger partial charge in [0.2, 0.25) is 0 Å². The Hall–Kier alpha value is -2.79. The first kappa shape index (κ1) is 19.5. The Labute approximate surface area is 154 Å². The van der Waals surface area contributed by atoms with Crippen molar-refractivity contribution in [2.45, 2.75) is 13.0 Å². The van der Waals surface area contributed by atoms with Gasteiger partial charge in [-0.25, -0.2) is 0 Å². The molecule has 5 nitrogen and oxygen atoms in total. The van der Waals surface area contributed by atoms with Crippen molar-refractivity contribution in [1.82, 2.24) is 5.32 Å². The highest BCUT2D eigenvalue weighted by atomic mass is 16.5. The first-order valence-corrected chi connectivity index (χ1v) is 8.56. The molecule has 2 rings (SSSR count). The Bertz CT molecular complexity index is 700. The van der Waals surface area contributed by atoms with Crippen LogP contribution in [0.3, 0.4) is 0 Å². The van der Waals surface area contributed by atoms with Crippen LogP contribution in [0, 0.1) is 0 Å². The standard InChI is InChI=1S/C21H25NO4/c1-3-13-26-19-11-10-18(15-20(19)24-2)21(23)22-12-7-14-25-16-17-8-5-4-6-9-17/h3-6,8-11,15H,1,7,12-14,16H2,2H3,(H,22,23). The summed E-state index contributed by atoms with van der Waals surface area (Å²) in [4.78, 5) is 12.2. The zero-order valence-corrected chi connectivity index (χ0v) is 15.1. The van der Waals surface area contributed by atoms with Gasteiger partial charge >= 0.3 is 0 Å². The van der Waals surface area contributed by atoms with E-state index in [2.05, 4.69) is 11.9 Å². The predicted octanol–water partition coefficient (Wildman–Crippen LogP) is 3.60. The summed E-state index contributed by atoms with van der Waals surface area (Å²) in [5, 5.41) is 2.88. The van der Waals surface area contributed by atoms with Gasteiger partial charge in [-0.3, -0.25) is 4.79 Å². The summed E-state index contributed by atoms with van der Waals surface area (Å²) in [6, 6.07) is 15.1. The molecule has 0 heterocycles. The number of hydrogen-bond acceptors (Lipinski definition) is 4. The minimum Gasteiger partial charge on any atom is -0.493 e. The van der Waals surface area contributed by atoms with E-state index in [1.165, 1.54) is 0 Å². The molecular weight excluding hydrogens is 330 g/mol. The minimum atomic E-state index is -0.151. The predicted molar refractivity (Wildman–Crippen MR) is 102 cm³/mol. The van der Waals surface area contributed by atoms with Gasteiger partial charge in [0.15, 0.2) is 11.5 Å². The Morgan fingerprint density at radius 1 is 1.15 bits per heavy atom. The van der Waals surface area contributed by atoms with E-state index >= 15 is 0 Å². The fraction of sp³-hybridized carbons (Fsp3) is 0.286. The highest BCUT2D eigenvalue weighted by Crippen LogP contribution is 2.28. The van der Waals surface area contributed by atoms with Gasteiger partial charge in [-0.2, -0.15) is 0 Å². The monoisotopic (exact) mass is 355 g/mol. The van der Waals surface area contributed by atoms with Crippen molar-refractivity contribution in [1.29, 1.82) is 0 Å². The van der Waals surface area contributed by atoms with Gasteiger partial charge < -0.3 is 19.5 Å². The number of hydrogen-bond donors (Lipinski definition) is 1. The second kappa shape index (κ2) is 10.9. The lowest BCUT2D eigenvalue weighted by atomic mass is 10.2. The van der Waals surface area contributed by atoms with Gasteiger partial charge in [0.05, 0.1) is 13.7 Å². The van der Waals surface area contributed by atoms with Crippen molar-refractivity contribution in [3.63, 3.8) is 0 Å². The average molecular weight is 355 g/mol. The molecule has 0 atom stereocenters. The lowest BCUT2D eigenvalue weighted by molar-refractivity contribution is 0.0934. The topological polar surface area (TPSA) is 56.8 Å². The molecule has 0 fully saturated rings. The van der Waals surface area contributed by atoms with E-state index in [4.69, 9.17) is 14.2 Å². The first-order chi connectivity index (χ1) is 12.7. The highest BCUT2D eigenvalue weighted by molar-refractivity contribution is 5.94. The van der Waals surface area contributed by atoms with E-state index < -0.39 is 0 Å². The third-order valence-electron chi connectivity index (χ3n) is 3.65. The van der Waals surface area contributed by atoms with Gasteiger partial charge in [-0.05, 0) is 30.2 Å². The Morgan fingerprint density at radius 2 is 1.96 bits per heavy atom. The lowest BCUT2D eigenvalue weighted by Crippen LogP contribution is -2.25. The van der Waals surface area contributed by atoms with Crippen LogP contribution in [-0.4, -0.2) is 32.8 Å². The van der Waals surface area contributed by atoms with Crippen LogP contribution in [0.15, 0.2) is 61.2 Å². The number of amides is 1. The fourth-order valence-corrected chi connectivity index (χ4v) is 2.32. The molecule has 2 aromatic carbocycles. The van der Waals surface area contributed by atoms with Gasteiger partial charge in [0, 0.05) is 18.7 Å². The van der Waals surface area contributed by atoms with Crippen LogP contribution in [0.4, 0.5) is 0 Å². The summed E-state index contributed by atoms with van der Waals surface area (Å²) in [7, 11) is 1.54. The number of carbonyl (C=O) groups excluding carboxylic acids is 1. The van der Waals surface area contributed by atoms with Crippen molar-refractivity contribution in [3.05, 3.63) is 72.3 Å². The first-order valence-electron chi connectivity index (χ1n) is 8.56. The van der Waals surface area contributed by atoms with E-state index in [9.17, 15) is 4.79 Å². The van der Waals surface area contributed by atoms with E-state index in [0.717, 1.165) is 12.0 Å². The van der Waals surface area contributed by atoms with Crippen LogP contribution >= 0.6 is 0 Å². The van der Waals surface area contributed by atoms with Crippen molar-refractivity contribution in [2.24, 2.45) is 0 Å². The number of benzene rings is 2. The van der Waals surface area contributed by atoms with Crippen LogP contribution in [0.25, 0.3) is 0 Å². The Balaban J connectivity index is 1.72. The molecule has 0 aliphatic heterocycles. The van der Waals surface area contributed by atoms with E-state index in [-0.39, 0.29) is 5.91 Å². The third kappa shape index (κ3) is 6.26. The van der Waals surface area contributed by atoms with Crippen LogP contribution < -0.4 is 14.8 Å². The number of rotatable bonds is 11. The summed E-state index contributed by atoms with van der Waals surface area (Å²) >= 11 is 0. The molecule has 1 N–H and O–H groups in total. The van der Waals surface area contributed by atoms with Crippen molar-refractivity contribution in [3.8, 4) is 11.5 Å². The maximum absolute atomic E-state index is 12.2. The van der Waals surface area contributed by atoms with Gasteiger partial charge in [0.1, 0.15) is 6.61 Å². The Kier molecular flexibility index (Phi) is 8.23. The smallest absolute Gasteiger partial charge is 0.251 e. The summed E-state index contributed by atoms with van der Waals surface area (Å²) in [6.45, 7) is 5.71. The number of carbonyl (C=O) groups is 1. The second-order valence-corrected chi connectivity index (χ2v) is 5.61. The van der Waals surface area contributed by atoms with Crippen molar-refractivity contribution >= 4 is 5.91 Å². The van der Waals surface area contributed by atoms with Crippen LogP contribution in [-0.2, 0) is 11.3 Å². The summed E-state index contributed by atoms with van der Waals surface area (Å²) in [5.74, 6) is 0.950. The molecule has 138 valence electrons. The molecule has 0 bridgehead atoms. The zero-order valence-electron chi connectivity index (χ0n) is 15.1. The summed E-state index contributed by atoms with van der Waals surface area (Å²) in [5.41, 5.74) is 1.67. The molecule has 26 heavy (non-hydrogen) atoms. The van der Waals surface area contributed by atoms with Crippen molar-refractivity contribution < 1.29 is 19.0 Å². The molecular formula is C21H25NO4. The average Bonchev–Trinajstić information content (AvgIpc) is 2.69. The normalized spacial score (nSPS) is 10.2. The molecule has 0 aliphatic carbocycles. The van der Waals surface area contributed by atoms with E-state index in [1.807, 2.05) is 30.3 Å². The number of ether oxygens (including phenoxy) is 3. The largest absolute Gasteiger partial charge is 0.493 e. The fourth-order valence-electron chi connectivity index (χ4n) is 2.32. The molecule has 0 spiro atoms. The molecule has 2 aromatic rings. The third-order valence-corrected chi connectivity index (χ3v) is 3.65. The second-order valence-electron chi connectivity index (χ2n) is 5.61. The van der Waals surface area contributed by atoms with Crippen LogP contribution in [0.1, 0.15) is 22.3 Å². The SMILES string of the molecule is C=CCOc1ccc(C(=O)NCCCOCc2ccccc2)cc1OC.